The molecule has 0 aromatic carbocycles. The van der Waals surface area contributed by atoms with Gasteiger partial charge in [0, 0.05) is 0 Å². The fourth-order valence-corrected chi connectivity index (χ4v) is 2.99. The van der Waals surface area contributed by atoms with Gasteiger partial charge in [-0.25, -0.2) is 0 Å². The second-order valence-electron chi connectivity index (χ2n) is 8.82. The quantitative estimate of drug-likeness (QED) is 0.207. The Morgan fingerprint density at radius 3 is 2.17 bits per heavy atom. The van der Waals surface area contributed by atoms with Gasteiger partial charge in [-0.2, -0.15) is 0 Å². The van der Waals surface area contributed by atoms with Crippen LogP contribution < -0.4 is 0 Å². The fourth-order valence-electron chi connectivity index (χ4n) is 2.99. The van der Waals surface area contributed by atoms with Gasteiger partial charge in [0.1, 0.15) is 0 Å². The summed E-state index contributed by atoms with van der Waals surface area (Å²) in [6.07, 6.45) is 22.4. The first kappa shape index (κ1) is 23.5. The summed E-state index contributed by atoms with van der Waals surface area (Å²) in [7, 11) is 0. The molecule has 24 heavy (non-hydrogen) atoms. The molecular formula is C24H46. The van der Waals surface area contributed by atoms with Gasteiger partial charge in [0.05, 0.1) is 0 Å². The third-order valence-electron chi connectivity index (χ3n) is 5.17. The molecule has 0 aliphatic heterocycles. The second kappa shape index (κ2) is 14.8. The Hall–Kier alpha value is -0.520. The fraction of sp³-hybridized carbons (Fsp3) is 0.833. The van der Waals surface area contributed by atoms with E-state index >= 15 is 0 Å². The molecule has 0 radical (unpaired) electrons. The van der Waals surface area contributed by atoms with E-state index in [0.717, 1.165) is 5.92 Å². The van der Waals surface area contributed by atoms with E-state index in [-0.39, 0.29) is 5.41 Å². The highest BCUT2D eigenvalue weighted by Crippen LogP contribution is 2.27. The molecule has 0 heterocycles. The van der Waals surface area contributed by atoms with Crippen LogP contribution in [0.4, 0.5) is 0 Å². The number of hydrogen-bond acceptors (Lipinski definition) is 0. The van der Waals surface area contributed by atoms with Crippen LogP contribution in [0.3, 0.4) is 0 Å². The van der Waals surface area contributed by atoms with Crippen molar-refractivity contribution < 1.29 is 0 Å². The molecule has 142 valence electrons. The lowest BCUT2D eigenvalue weighted by Crippen LogP contribution is -2.07. The predicted octanol–water partition coefficient (Wildman–Crippen LogP) is 8.87. The van der Waals surface area contributed by atoms with Gasteiger partial charge in [0.25, 0.3) is 0 Å². The van der Waals surface area contributed by atoms with E-state index in [1.807, 2.05) is 0 Å². The molecule has 1 unspecified atom stereocenters. The maximum atomic E-state index is 4.23. The molecule has 0 spiro atoms. The molecule has 0 aliphatic carbocycles. The summed E-state index contributed by atoms with van der Waals surface area (Å²) in [6, 6.07) is 0. The van der Waals surface area contributed by atoms with Crippen molar-refractivity contribution >= 4 is 0 Å². The Kier molecular flexibility index (Phi) is 14.5. The number of allylic oxidation sites excluding steroid dienone is 3. The normalized spacial score (nSPS) is 13.5. The zero-order valence-corrected chi connectivity index (χ0v) is 17.6. The highest BCUT2D eigenvalue weighted by Gasteiger charge is 2.13. The van der Waals surface area contributed by atoms with Crippen LogP contribution in [0.15, 0.2) is 24.3 Å². The molecule has 0 nitrogen and oxygen atoms in total. The lowest BCUT2D eigenvalue weighted by molar-refractivity contribution is 0.472. The van der Waals surface area contributed by atoms with Gasteiger partial charge in [0.15, 0.2) is 0 Å². The summed E-state index contributed by atoms with van der Waals surface area (Å²) in [5, 5.41) is 0. The van der Waals surface area contributed by atoms with Crippen LogP contribution >= 0.6 is 0 Å². The Bertz CT molecular complexity index is 315. The molecule has 1 atom stereocenters. The van der Waals surface area contributed by atoms with Crippen molar-refractivity contribution in [3.8, 4) is 0 Å². The first-order valence-electron chi connectivity index (χ1n) is 10.7. The minimum atomic E-state index is 0.290. The Morgan fingerprint density at radius 2 is 1.50 bits per heavy atom. The SMILES string of the molecule is C=C(CCCCCCC/C=C\CC(C)CCCCCC)C(C)(C)C. The summed E-state index contributed by atoms with van der Waals surface area (Å²) in [5.41, 5.74) is 1.70. The molecule has 0 rings (SSSR count). The van der Waals surface area contributed by atoms with Gasteiger partial charge in [0.2, 0.25) is 0 Å². The Morgan fingerprint density at radius 1 is 0.875 bits per heavy atom. The largest absolute Gasteiger partial charge is 0.0993 e. The number of rotatable bonds is 15. The summed E-state index contributed by atoms with van der Waals surface area (Å²) in [5.74, 6) is 0.869. The van der Waals surface area contributed by atoms with Gasteiger partial charge < -0.3 is 0 Å². The third kappa shape index (κ3) is 15.0. The van der Waals surface area contributed by atoms with Crippen molar-refractivity contribution in [3.05, 3.63) is 24.3 Å². The summed E-state index contributed by atoms with van der Waals surface area (Å²) >= 11 is 0. The van der Waals surface area contributed by atoms with Crippen molar-refractivity contribution in [2.24, 2.45) is 11.3 Å². The minimum absolute atomic E-state index is 0.290. The maximum Gasteiger partial charge on any atom is -0.0176 e. The molecule has 0 heteroatoms. The highest BCUT2D eigenvalue weighted by molar-refractivity contribution is 5.04. The Balaban J connectivity index is 3.39. The molecule has 0 aromatic heterocycles. The summed E-state index contributed by atoms with van der Waals surface area (Å²) in [6.45, 7) is 15.7. The van der Waals surface area contributed by atoms with Crippen molar-refractivity contribution in [1.82, 2.24) is 0 Å². The van der Waals surface area contributed by atoms with E-state index in [2.05, 4.69) is 53.3 Å². The standard InChI is InChI=1S/C24H46/c1-7-8-9-16-19-22(2)20-17-14-12-10-11-13-15-18-21-23(3)24(4,5)6/h14,17,22H,3,7-13,15-16,18-21H2,1-2,4-6H3/b17-14-. The average Bonchev–Trinajstić information content (AvgIpc) is 2.52. The molecule has 0 fully saturated rings. The lowest BCUT2D eigenvalue weighted by atomic mass is 9.84. The average molecular weight is 335 g/mol. The van der Waals surface area contributed by atoms with E-state index in [1.54, 1.807) is 0 Å². The van der Waals surface area contributed by atoms with Gasteiger partial charge in [-0.1, -0.05) is 110 Å². The van der Waals surface area contributed by atoms with Crippen LogP contribution in [0.1, 0.15) is 118 Å². The lowest BCUT2D eigenvalue weighted by Gasteiger charge is -2.21. The molecule has 0 saturated carbocycles. The van der Waals surface area contributed by atoms with Crippen LogP contribution in [0.2, 0.25) is 0 Å². The van der Waals surface area contributed by atoms with Crippen molar-refractivity contribution in [1.29, 1.82) is 0 Å². The first-order chi connectivity index (χ1) is 11.4. The van der Waals surface area contributed by atoms with Crippen LogP contribution in [0, 0.1) is 11.3 Å². The molecule has 0 aliphatic rings. The molecule has 0 amide bonds. The smallest absolute Gasteiger partial charge is 0.0176 e. The second-order valence-corrected chi connectivity index (χ2v) is 8.82. The number of hydrogen-bond donors (Lipinski definition) is 0. The van der Waals surface area contributed by atoms with E-state index in [9.17, 15) is 0 Å². The zero-order valence-electron chi connectivity index (χ0n) is 17.6. The highest BCUT2D eigenvalue weighted by atomic mass is 14.2. The number of unbranched alkanes of at least 4 members (excludes halogenated alkanes) is 8. The van der Waals surface area contributed by atoms with Crippen molar-refractivity contribution in [2.75, 3.05) is 0 Å². The van der Waals surface area contributed by atoms with Crippen LogP contribution in [-0.4, -0.2) is 0 Å². The van der Waals surface area contributed by atoms with Gasteiger partial charge in [-0.3, -0.25) is 0 Å². The minimum Gasteiger partial charge on any atom is -0.0993 e. The first-order valence-corrected chi connectivity index (χ1v) is 10.7. The molecule has 0 N–H and O–H groups in total. The van der Waals surface area contributed by atoms with E-state index in [0.29, 0.717) is 0 Å². The predicted molar refractivity (Wildman–Crippen MR) is 113 cm³/mol. The summed E-state index contributed by atoms with van der Waals surface area (Å²) < 4.78 is 0. The molecule has 0 bridgehead atoms. The van der Waals surface area contributed by atoms with E-state index in [1.165, 1.54) is 89.0 Å². The van der Waals surface area contributed by atoms with Gasteiger partial charge in [-0.05, 0) is 43.4 Å². The van der Waals surface area contributed by atoms with Crippen LogP contribution in [0.25, 0.3) is 0 Å². The topological polar surface area (TPSA) is 0 Å². The molecule has 0 aromatic rings. The Labute approximate surface area is 154 Å². The van der Waals surface area contributed by atoms with E-state index in [4.69, 9.17) is 0 Å². The third-order valence-corrected chi connectivity index (χ3v) is 5.17. The van der Waals surface area contributed by atoms with Crippen molar-refractivity contribution in [3.63, 3.8) is 0 Å². The summed E-state index contributed by atoms with van der Waals surface area (Å²) in [4.78, 5) is 0. The van der Waals surface area contributed by atoms with Crippen molar-refractivity contribution in [2.45, 2.75) is 118 Å². The monoisotopic (exact) mass is 334 g/mol. The van der Waals surface area contributed by atoms with Gasteiger partial charge >= 0.3 is 0 Å². The zero-order chi connectivity index (χ0) is 18.3. The van der Waals surface area contributed by atoms with E-state index < -0.39 is 0 Å². The molecule has 0 saturated heterocycles. The molecular weight excluding hydrogens is 288 g/mol. The maximum absolute atomic E-state index is 4.23. The van der Waals surface area contributed by atoms with Crippen LogP contribution in [0.5, 0.6) is 0 Å². The van der Waals surface area contributed by atoms with Gasteiger partial charge in [-0.15, -0.1) is 0 Å². The van der Waals surface area contributed by atoms with Crippen LogP contribution in [-0.2, 0) is 0 Å².